The molecule has 9 heteroatoms. The SMILES string of the molecule is O=C(COC(=O)Cc1coc(-c2ccccc2)n1)NC(=O)NCc1cccs1. The van der Waals surface area contributed by atoms with Crippen molar-refractivity contribution in [2.24, 2.45) is 0 Å². The van der Waals surface area contributed by atoms with Crippen molar-refractivity contribution in [2.75, 3.05) is 6.61 Å². The molecule has 0 radical (unpaired) electrons. The summed E-state index contributed by atoms with van der Waals surface area (Å²) in [5.74, 6) is -0.979. The fraction of sp³-hybridized carbons (Fsp3) is 0.158. The van der Waals surface area contributed by atoms with E-state index in [0.717, 1.165) is 10.4 Å². The summed E-state index contributed by atoms with van der Waals surface area (Å²) in [5, 5.41) is 6.52. The molecule has 28 heavy (non-hydrogen) atoms. The molecule has 0 unspecified atom stereocenters. The molecule has 3 rings (SSSR count). The van der Waals surface area contributed by atoms with Crippen LogP contribution in [0.15, 0.2) is 58.5 Å². The minimum Gasteiger partial charge on any atom is -0.455 e. The van der Waals surface area contributed by atoms with Crippen LogP contribution in [0.25, 0.3) is 11.5 Å². The van der Waals surface area contributed by atoms with E-state index in [1.165, 1.54) is 17.6 Å². The first-order valence-corrected chi connectivity index (χ1v) is 9.23. The highest BCUT2D eigenvalue weighted by atomic mass is 32.1. The van der Waals surface area contributed by atoms with Gasteiger partial charge < -0.3 is 14.5 Å². The molecule has 0 fully saturated rings. The van der Waals surface area contributed by atoms with Gasteiger partial charge in [-0.25, -0.2) is 9.78 Å². The second-order valence-corrected chi connectivity index (χ2v) is 6.69. The van der Waals surface area contributed by atoms with Gasteiger partial charge in [0.2, 0.25) is 5.89 Å². The summed E-state index contributed by atoms with van der Waals surface area (Å²) in [4.78, 5) is 40.3. The van der Waals surface area contributed by atoms with E-state index in [4.69, 9.17) is 9.15 Å². The molecule has 0 bridgehead atoms. The van der Waals surface area contributed by atoms with Gasteiger partial charge >= 0.3 is 12.0 Å². The van der Waals surface area contributed by atoms with Crippen molar-refractivity contribution in [1.29, 1.82) is 0 Å². The van der Waals surface area contributed by atoms with Crippen molar-refractivity contribution in [3.8, 4) is 11.5 Å². The highest BCUT2D eigenvalue weighted by Gasteiger charge is 2.14. The van der Waals surface area contributed by atoms with Crippen molar-refractivity contribution in [3.63, 3.8) is 0 Å². The van der Waals surface area contributed by atoms with E-state index in [9.17, 15) is 14.4 Å². The number of oxazole rings is 1. The highest BCUT2D eigenvalue weighted by molar-refractivity contribution is 7.09. The molecule has 3 amide bonds. The Labute approximate surface area is 164 Å². The third-order valence-corrected chi connectivity index (χ3v) is 4.39. The van der Waals surface area contributed by atoms with E-state index < -0.39 is 24.5 Å². The van der Waals surface area contributed by atoms with Gasteiger partial charge in [0.15, 0.2) is 6.61 Å². The molecule has 8 nitrogen and oxygen atoms in total. The molecule has 2 N–H and O–H groups in total. The van der Waals surface area contributed by atoms with Gasteiger partial charge in [-0.05, 0) is 23.6 Å². The number of nitrogens with zero attached hydrogens (tertiary/aromatic N) is 1. The molecule has 144 valence electrons. The van der Waals surface area contributed by atoms with Crippen LogP contribution < -0.4 is 10.6 Å². The number of hydrogen-bond acceptors (Lipinski definition) is 7. The fourth-order valence-electron chi connectivity index (χ4n) is 2.23. The molecule has 0 saturated heterocycles. The number of aromatic nitrogens is 1. The van der Waals surface area contributed by atoms with Crippen LogP contribution in [-0.4, -0.2) is 29.5 Å². The maximum Gasteiger partial charge on any atom is 0.321 e. The average molecular weight is 399 g/mol. The Morgan fingerprint density at radius 2 is 1.93 bits per heavy atom. The van der Waals surface area contributed by atoms with Crippen molar-refractivity contribution in [2.45, 2.75) is 13.0 Å². The number of nitrogens with one attached hydrogen (secondary N) is 2. The van der Waals surface area contributed by atoms with Gasteiger partial charge in [-0.2, -0.15) is 0 Å². The topological polar surface area (TPSA) is 111 Å². The molecule has 0 spiro atoms. The zero-order chi connectivity index (χ0) is 19.8. The van der Waals surface area contributed by atoms with Crippen LogP contribution in [0.3, 0.4) is 0 Å². The van der Waals surface area contributed by atoms with Crippen molar-refractivity contribution < 1.29 is 23.5 Å². The first-order chi connectivity index (χ1) is 13.6. The molecular weight excluding hydrogens is 382 g/mol. The Morgan fingerprint density at radius 3 is 2.68 bits per heavy atom. The molecule has 2 heterocycles. The molecular formula is C19H17N3O5S. The maximum atomic E-state index is 11.8. The van der Waals surface area contributed by atoms with E-state index in [1.807, 2.05) is 47.8 Å². The summed E-state index contributed by atoms with van der Waals surface area (Å²) >= 11 is 1.49. The predicted molar refractivity (Wildman–Crippen MR) is 101 cm³/mol. The van der Waals surface area contributed by atoms with E-state index in [2.05, 4.69) is 15.6 Å². The lowest BCUT2D eigenvalue weighted by Crippen LogP contribution is -2.41. The lowest BCUT2D eigenvalue weighted by molar-refractivity contribution is -0.147. The molecule has 0 atom stereocenters. The van der Waals surface area contributed by atoms with Crippen LogP contribution >= 0.6 is 11.3 Å². The number of ether oxygens (including phenoxy) is 1. The molecule has 0 aliphatic heterocycles. The van der Waals surface area contributed by atoms with E-state index in [0.29, 0.717) is 18.1 Å². The third-order valence-electron chi connectivity index (χ3n) is 3.52. The summed E-state index contributed by atoms with van der Waals surface area (Å²) in [5.41, 5.74) is 1.17. The van der Waals surface area contributed by atoms with Gasteiger partial charge in [0.05, 0.1) is 18.7 Å². The van der Waals surface area contributed by atoms with Crippen LogP contribution in [-0.2, 0) is 27.3 Å². The number of esters is 1. The van der Waals surface area contributed by atoms with E-state index >= 15 is 0 Å². The summed E-state index contributed by atoms with van der Waals surface area (Å²) in [6.45, 7) is -0.249. The first kappa shape index (κ1) is 19.3. The molecule has 0 saturated carbocycles. The predicted octanol–water partition coefficient (Wildman–Crippen LogP) is 2.51. The van der Waals surface area contributed by atoms with E-state index in [-0.39, 0.29) is 6.42 Å². The minimum absolute atomic E-state index is 0.145. The zero-order valence-corrected chi connectivity index (χ0v) is 15.5. The Balaban J connectivity index is 1.38. The zero-order valence-electron chi connectivity index (χ0n) is 14.7. The summed E-state index contributed by atoms with van der Waals surface area (Å²) < 4.78 is 10.2. The number of carbonyl (C=O) groups is 3. The number of urea groups is 1. The van der Waals surface area contributed by atoms with Crippen molar-refractivity contribution in [1.82, 2.24) is 15.6 Å². The molecule has 1 aromatic carbocycles. The fourth-order valence-corrected chi connectivity index (χ4v) is 2.88. The second-order valence-electron chi connectivity index (χ2n) is 5.66. The number of carbonyl (C=O) groups excluding carboxylic acids is 3. The lowest BCUT2D eigenvalue weighted by atomic mass is 10.2. The van der Waals surface area contributed by atoms with Gasteiger partial charge in [-0.1, -0.05) is 24.3 Å². The lowest BCUT2D eigenvalue weighted by Gasteiger charge is -2.06. The number of benzene rings is 1. The van der Waals surface area contributed by atoms with E-state index in [1.54, 1.807) is 0 Å². The van der Waals surface area contributed by atoms with Gasteiger partial charge in [0.25, 0.3) is 5.91 Å². The van der Waals surface area contributed by atoms with Gasteiger partial charge in [-0.3, -0.25) is 14.9 Å². The maximum absolute atomic E-state index is 11.8. The van der Waals surface area contributed by atoms with Gasteiger partial charge in [0, 0.05) is 10.4 Å². The number of thiophene rings is 1. The van der Waals surface area contributed by atoms with Crippen LogP contribution in [0.5, 0.6) is 0 Å². The van der Waals surface area contributed by atoms with Gasteiger partial charge in [0.1, 0.15) is 6.26 Å². The van der Waals surface area contributed by atoms with Crippen LogP contribution in [0, 0.1) is 0 Å². The highest BCUT2D eigenvalue weighted by Crippen LogP contribution is 2.18. The smallest absolute Gasteiger partial charge is 0.321 e. The second kappa shape index (κ2) is 9.47. The van der Waals surface area contributed by atoms with Crippen molar-refractivity contribution >= 4 is 29.2 Å². The summed E-state index contributed by atoms with van der Waals surface area (Å²) in [6.07, 6.45) is 1.22. The normalized spacial score (nSPS) is 10.3. The van der Waals surface area contributed by atoms with Crippen LogP contribution in [0.2, 0.25) is 0 Å². The molecule has 0 aliphatic rings. The third kappa shape index (κ3) is 5.78. The summed E-state index contributed by atoms with van der Waals surface area (Å²) in [6, 6.07) is 12.3. The number of imide groups is 1. The molecule has 2 aromatic heterocycles. The van der Waals surface area contributed by atoms with Crippen LogP contribution in [0.1, 0.15) is 10.6 Å². The number of rotatable bonds is 7. The monoisotopic (exact) mass is 399 g/mol. The Morgan fingerprint density at radius 1 is 1.11 bits per heavy atom. The number of hydrogen-bond donors (Lipinski definition) is 2. The van der Waals surface area contributed by atoms with Crippen LogP contribution in [0.4, 0.5) is 4.79 Å². The standard InChI is InChI=1S/C19H17N3O5S/c23-16(22-19(25)20-10-15-7-4-8-28-15)12-26-17(24)9-14-11-27-18(21-14)13-5-2-1-3-6-13/h1-8,11H,9-10,12H2,(H2,20,22,23,25). The number of amides is 3. The largest absolute Gasteiger partial charge is 0.455 e. The Bertz CT molecular complexity index is 938. The Hall–Kier alpha value is -3.46. The molecule has 3 aromatic rings. The van der Waals surface area contributed by atoms with Crippen molar-refractivity contribution in [3.05, 3.63) is 64.7 Å². The molecule has 0 aliphatic carbocycles. The average Bonchev–Trinajstić information content (AvgIpc) is 3.37. The minimum atomic E-state index is -0.720. The first-order valence-electron chi connectivity index (χ1n) is 8.35. The van der Waals surface area contributed by atoms with Gasteiger partial charge in [-0.15, -0.1) is 11.3 Å². The summed E-state index contributed by atoms with van der Waals surface area (Å²) in [7, 11) is 0. The Kier molecular flexibility index (Phi) is 6.53. The quantitative estimate of drug-likeness (QED) is 0.591.